The third kappa shape index (κ3) is 0.987. The molecule has 1 aliphatic carbocycles. The quantitative estimate of drug-likeness (QED) is 0.624. The van der Waals surface area contributed by atoms with Gasteiger partial charge in [-0.2, -0.15) is 5.06 Å². The first-order valence-electron chi connectivity index (χ1n) is 5.14. The van der Waals surface area contributed by atoms with Crippen LogP contribution >= 0.6 is 0 Å². The van der Waals surface area contributed by atoms with E-state index in [0.717, 1.165) is 5.69 Å². The van der Waals surface area contributed by atoms with Crippen LogP contribution in [0.4, 0.5) is 0 Å². The third-order valence-corrected chi connectivity index (χ3v) is 3.67. The summed E-state index contributed by atoms with van der Waals surface area (Å²) >= 11 is 0. The maximum atomic E-state index is 10.6. The second kappa shape index (κ2) is 2.78. The number of rotatable bonds is 0. The Morgan fingerprint density at radius 2 is 2.33 bits per heavy atom. The van der Waals surface area contributed by atoms with Gasteiger partial charge in [-0.3, -0.25) is 0 Å². The summed E-state index contributed by atoms with van der Waals surface area (Å²) < 4.78 is 4.66. The van der Waals surface area contributed by atoms with Crippen molar-refractivity contribution in [3.05, 3.63) is 11.4 Å². The summed E-state index contributed by atoms with van der Waals surface area (Å²) in [5.74, 6) is -0.0709. The molecule has 15 heavy (non-hydrogen) atoms. The van der Waals surface area contributed by atoms with Crippen molar-refractivity contribution in [1.82, 2.24) is 15.4 Å². The standard InChI is InChI=1S/C9H13N3O3/c1-5-4-12(14)7-3-2-6-8(9(5,7)13)11-15-10-6/h5,7,13-14H,2-4H2,1H3/t5-,7+,9+/m1/s1. The number of aryl methyl sites for hydroxylation is 1. The summed E-state index contributed by atoms with van der Waals surface area (Å²) in [6, 6.07) is -0.285. The van der Waals surface area contributed by atoms with E-state index >= 15 is 0 Å². The first kappa shape index (κ1) is 9.26. The SMILES string of the molecule is C[C@@H]1CN(O)[C@H]2CCc3nonc3[C@]12O. The predicted octanol–water partition coefficient (Wildman–Crippen LogP) is -0.0871. The predicted molar refractivity (Wildman–Crippen MR) is 48.0 cm³/mol. The monoisotopic (exact) mass is 211 g/mol. The minimum Gasteiger partial charge on any atom is -0.381 e. The molecule has 3 rings (SSSR count). The second-order valence-electron chi connectivity index (χ2n) is 4.46. The molecule has 0 unspecified atom stereocenters. The van der Waals surface area contributed by atoms with Crippen molar-refractivity contribution >= 4 is 0 Å². The van der Waals surface area contributed by atoms with Crippen molar-refractivity contribution in [1.29, 1.82) is 0 Å². The van der Waals surface area contributed by atoms with E-state index in [1.165, 1.54) is 5.06 Å². The molecule has 0 aromatic carbocycles. The van der Waals surface area contributed by atoms with Crippen LogP contribution < -0.4 is 0 Å². The smallest absolute Gasteiger partial charge is 0.141 e. The van der Waals surface area contributed by atoms with Crippen molar-refractivity contribution < 1.29 is 14.9 Å². The molecule has 1 aromatic rings. The molecule has 0 radical (unpaired) electrons. The molecular formula is C9H13N3O3. The first-order chi connectivity index (χ1) is 7.14. The minimum atomic E-state index is -1.11. The highest BCUT2D eigenvalue weighted by Gasteiger charge is 2.57. The number of nitrogens with zero attached hydrogens (tertiary/aromatic N) is 3. The Bertz CT molecular complexity index is 394. The van der Waals surface area contributed by atoms with Crippen LogP contribution in [0.5, 0.6) is 0 Å². The number of aromatic nitrogens is 2. The molecule has 1 aromatic heterocycles. The van der Waals surface area contributed by atoms with Crippen molar-refractivity contribution in [2.45, 2.75) is 31.4 Å². The zero-order valence-corrected chi connectivity index (χ0v) is 8.42. The molecule has 82 valence electrons. The lowest BCUT2D eigenvalue weighted by Gasteiger charge is -2.35. The fourth-order valence-electron chi connectivity index (χ4n) is 2.81. The largest absolute Gasteiger partial charge is 0.381 e. The lowest BCUT2D eigenvalue weighted by atomic mass is 9.76. The molecule has 2 aliphatic rings. The zero-order valence-electron chi connectivity index (χ0n) is 8.42. The van der Waals surface area contributed by atoms with Gasteiger partial charge < -0.3 is 10.3 Å². The van der Waals surface area contributed by atoms with E-state index in [2.05, 4.69) is 14.9 Å². The van der Waals surface area contributed by atoms with Crippen LogP contribution in [0.15, 0.2) is 4.63 Å². The number of hydroxylamine groups is 2. The summed E-state index contributed by atoms with van der Waals surface area (Å²) in [6.45, 7) is 2.35. The number of hydrogen-bond acceptors (Lipinski definition) is 6. The fourth-order valence-corrected chi connectivity index (χ4v) is 2.81. The van der Waals surface area contributed by atoms with Gasteiger partial charge in [-0.25, -0.2) is 4.63 Å². The Kier molecular flexibility index (Phi) is 1.72. The zero-order chi connectivity index (χ0) is 10.6. The Morgan fingerprint density at radius 1 is 1.53 bits per heavy atom. The van der Waals surface area contributed by atoms with E-state index in [1.807, 2.05) is 6.92 Å². The summed E-state index contributed by atoms with van der Waals surface area (Å²) in [5, 5.41) is 29.1. The van der Waals surface area contributed by atoms with E-state index in [1.54, 1.807) is 0 Å². The molecule has 0 saturated carbocycles. The van der Waals surface area contributed by atoms with Crippen molar-refractivity contribution in [2.75, 3.05) is 6.54 Å². The molecule has 1 fully saturated rings. The summed E-state index contributed by atoms with van der Waals surface area (Å²) in [5.41, 5.74) is 0.112. The maximum absolute atomic E-state index is 10.6. The van der Waals surface area contributed by atoms with Crippen molar-refractivity contribution in [3.63, 3.8) is 0 Å². The summed E-state index contributed by atoms with van der Waals surface area (Å²) in [7, 11) is 0. The first-order valence-corrected chi connectivity index (χ1v) is 5.14. The number of hydrogen-bond donors (Lipinski definition) is 2. The Morgan fingerprint density at radius 3 is 3.13 bits per heavy atom. The van der Waals surface area contributed by atoms with E-state index < -0.39 is 5.60 Å². The molecule has 2 heterocycles. The van der Waals surface area contributed by atoms with Crippen LogP contribution in [-0.4, -0.2) is 38.3 Å². The second-order valence-corrected chi connectivity index (χ2v) is 4.46. The van der Waals surface area contributed by atoms with Crippen LogP contribution in [0, 0.1) is 5.92 Å². The molecule has 2 N–H and O–H groups in total. The van der Waals surface area contributed by atoms with Crippen LogP contribution in [-0.2, 0) is 12.0 Å². The third-order valence-electron chi connectivity index (χ3n) is 3.67. The number of aliphatic hydroxyl groups is 1. The molecular weight excluding hydrogens is 198 g/mol. The van der Waals surface area contributed by atoms with Gasteiger partial charge in [0.05, 0.1) is 6.04 Å². The molecule has 6 nitrogen and oxygen atoms in total. The Balaban J connectivity index is 2.14. The van der Waals surface area contributed by atoms with E-state index in [9.17, 15) is 10.3 Å². The van der Waals surface area contributed by atoms with Gasteiger partial charge in [-0.1, -0.05) is 17.2 Å². The summed E-state index contributed by atoms with van der Waals surface area (Å²) in [4.78, 5) is 0. The minimum absolute atomic E-state index is 0.0709. The topological polar surface area (TPSA) is 82.6 Å². The molecule has 0 bridgehead atoms. The van der Waals surface area contributed by atoms with Gasteiger partial charge in [0.1, 0.15) is 17.0 Å². The van der Waals surface area contributed by atoms with E-state index in [-0.39, 0.29) is 12.0 Å². The highest BCUT2D eigenvalue weighted by atomic mass is 16.6. The maximum Gasteiger partial charge on any atom is 0.141 e. The molecule has 0 amide bonds. The molecule has 6 heteroatoms. The average Bonchev–Trinajstić information content (AvgIpc) is 2.73. The normalized spacial score (nSPS) is 40.2. The molecule has 0 spiro atoms. The van der Waals surface area contributed by atoms with Gasteiger partial charge >= 0.3 is 0 Å². The Labute approximate surface area is 86.4 Å². The highest BCUT2D eigenvalue weighted by Crippen LogP contribution is 2.46. The van der Waals surface area contributed by atoms with Gasteiger partial charge in [-0.15, -0.1) is 0 Å². The lowest BCUT2D eigenvalue weighted by Crippen LogP contribution is -2.47. The van der Waals surface area contributed by atoms with Gasteiger partial charge in [0.25, 0.3) is 0 Å². The molecule has 1 aliphatic heterocycles. The van der Waals surface area contributed by atoms with E-state index in [4.69, 9.17) is 0 Å². The van der Waals surface area contributed by atoms with Crippen molar-refractivity contribution in [3.8, 4) is 0 Å². The van der Waals surface area contributed by atoms with Gasteiger partial charge in [0.15, 0.2) is 0 Å². The van der Waals surface area contributed by atoms with Crippen LogP contribution in [0.3, 0.4) is 0 Å². The van der Waals surface area contributed by atoms with Crippen LogP contribution in [0.25, 0.3) is 0 Å². The fraction of sp³-hybridized carbons (Fsp3) is 0.778. The number of fused-ring (bicyclic) bond motifs is 3. The van der Waals surface area contributed by atoms with Crippen LogP contribution in [0.1, 0.15) is 24.7 Å². The lowest BCUT2D eigenvalue weighted by molar-refractivity contribution is -0.145. The highest BCUT2D eigenvalue weighted by molar-refractivity contribution is 5.27. The van der Waals surface area contributed by atoms with Gasteiger partial charge in [-0.05, 0) is 12.8 Å². The Hall–Kier alpha value is -0.980. The van der Waals surface area contributed by atoms with Gasteiger partial charge in [0.2, 0.25) is 0 Å². The summed E-state index contributed by atoms with van der Waals surface area (Å²) in [6.07, 6.45) is 1.37. The average molecular weight is 211 g/mol. The molecule has 1 saturated heterocycles. The van der Waals surface area contributed by atoms with E-state index in [0.29, 0.717) is 25.1 Å². The molecule has 3 atom stereocenters. The van der Waals surface area contributed by atoms with Crippen molar-refractivity contribution in [2.24, 2.45) is 5.92 Å². The van der Waals surface area contributed by atoms with Crippen LogP contribution in [0.2, 0.25) is 0 Å². The van der Waals surface area contributed by atoms with Gasteiger partial charge in [0, 0.05) is 12.5 Å².